The Kier molecular flexibility index (Phi) is 6.92. The molecule has 0 saturated carbocycles. The molecule has 0 saturated heterocycles. The highest BCUT2D eigenvalue weighted by molar-refractivity contribution is 9.10. The minimum absolute atomic E-state index is 0.233. The molecule has 7 nitrogen and oxygen atoms in total. The highest BCUT2D eigenvalue weighted by atomic mass is 79.9. The van der Waals surface area contributed by atoms with Gasteiger partial charge in [-0.15, -0.1) is 0 Å². The maximum Gasteiger partial charge on any atom is 0.339 e. The van der Waals surface area contributed by atoms with Crippen molar-refractivity contribution in [3.8, 4) is 0 Å². The molecule has 1 heterocycles. The summed E-state index contributed by atoms with van der Waals surface area (Å²) >= 11 is 3.33. The second-order valence-electron chi connectivity index (χ2n) is 5.51. The van der Waals surface area contributed by atoms with E-state index in [1.165, 1.54) is 13.3 Å². The summed E-state index contributed by atoms with van der Waals surface area (Å²) in [6.07, 6.45) is 3.33. The third kappa shape index (κ3) is 4.70. The number of aromatic nitrogens is 2. The Balaban J connectivity index is 2.30. The predicted octanol–water partition coefficient (Wildman–Crippen LogP) is 4.92. The molecule has 0 aliphatic heterocycles. The molecule has 1 aromatic carbocycles. The largest absolute Gasteiger partial charge is 0.465 e. The van der Waals surface area contributed by atoms with Crippen molar-refractivity contribution in [2.45, 2.75) is 32.7 Å². The average molecular weight is 418 g/mol. The SMILES string of the molecule is [C-]#[N+]c1cnc(Nc2ccc(Br)c(C(=O)OC)c2)nc1NC(CC)CC. The highest BCUT2D eigenvalue weighted by Crippen LogP contribution is 2.27. The van der Waals surface area contributed by atoms with E-state index >= 15 is 0 Å². The Bertz CT molecular complexity index is 831. The number of methoxy groups -OCH3 is 1. The minimum atomic E-state index is -0.444. The van der Waals surface area contributed by atoms with E-state index in [-0.39, 0.29) is 6.04 Å². The molecule has 1 aromatic heterocycles. The van der Waals surface area contributed by atoms with Crippen molar-refractivity contribution in [3.05, 3.63) is 45.8 Å². The molecule has 2 N–H and O–H groups in total. The molecule has 2 rings (SSSR count). The molecule has 136 valence electrons. The first kappa shape index (κ1) is 19.7. The summed E-state index contributed by atoms with van der Waals surface area (Å²) in [6.45, 7) is 11.4. The van der Waals surface area contributed by atoms with Crippen LogP contribution in [0.5, 0.6) is 0 Å². The molecule has 0 aliphatic rings. The first-order valence-electron chi connectivity index (χ1n) is 8.18. The lowest BCUT2D eigenvalue weighted by Crippen LogP contribution is -2.18. The van der Waals surface area contributed by atoms with Crippen LogP contribution >= 0.6 is 15.9 Å². The molecular formula is C18H20BrN5O2. The van der Waals surface area contributed by atoms with Crippen LogP contribution in [0.2, 0.25) is 0 Å². The highest BCUT2D eigenvalue weighted by Gasteiger charge is 2.14. The Labute approximate surface area is 161 Å². The number of nitrogens with zero attached hydrogens (tertiary/aromatic N) is 3. The summed E-state index contributed by atoms with van der Waals surface area (Å²) < 4.78 is 5.40. The number of nitrogens with one attached hydrogen (secondary N) is 2. The molecule has 0 unspecified atom stereocenters. The molecule has 0 radical (unpaired) electrons. The number of carbonyl (C=O) groups excluding carboxylic acids is 1. The Morgan fingerprint density at radius 3 is 2.73 bits per heavy atom. The summed E-state index contributed by atoms with van der Waals surface area (Å²) in [7, 11) is 1.33. The van der Waals surface area contributed by atoms with Crippen molar-refractivity contribution in [1.29, 1.82) is 0 Å². The van der Waals surface area contributed by atoms with Crippen LogP contribution in [0.15, 0.2) is 28.9 Å². The second-order valence-corrected chi connectivity index (χ2v) is 6.36. The molecule has 0 atom stereocenters. The molecule has 0 bridgehead atoms. The summed E-state index contributed by atoms with van der Waals surface area (Å²) in [5.74, 6) is 0.390. The van der Waals surface area contributed by atoms with E-state index in [0.29, 0.717) is 33.2 Å². The Morgan fingerprint density at radius 2 is 2.12 bits per heavy atom. The van der Waals surface area contributed by atoms with Crippen LogP contribution in [-0.2, 0) is 4.74 Å². The van der Waals surface area contributed by atoms with Gasteiger partial charge in [0.2, 0.25) is 11.6 Å². The fourth-order valence-corrected chi connectivity index (χ4v) is 2.72. The number of benzene rings is 1. The van der Waals surface area contributed by atoms with E-state index in [1.807, 2.05) is 0 Å². The van der Waals surface area contributed by atoms with Gasteiger partial charge >= 0.3 is 5.97 Å². The third-order valence-electron chi connectivity index (χ3n) is 3.84. The quantitative estimate of drug-likeness (QED) is 0.491. The molecule has 0 amide bonds. The van der Waals surface area contributed by atoms with Gasteiger partial charge in [-0.2, -0.15) is 0 Å². The number of hydrogen-bond acceptors (Lipinski definition) is 6. The fraction of sp³-hybridized carbons (Fsp3) is 0.333. The van der Waals surface area contributed by atoms with Crippen LogP contribution in [0.25, 0.3) is 4.85 Å². The number of rotatable bonds is 7. The smallest absolute Gasteiger partial charge is 0.339 e. The molecule has 2 aromatic rings. The van der Waals surface area contributed by atoms with Gasteiger partial charge in [0.15, 0.2) is 0 Å². The van der Waals surface area contributed by atoms with Crippen molar-refractivity contribution in [1.82, 2.24) is 9.97 Å². The Hall–Kier alpha value is -2.66. The zero-order chi connectivity index (χ0) is 19.1. The molecule has 0 fully saturated rings. The predicted molar refractivity (Wildman–Crippen MR) is 105 cm³/mol. The third-order valence-corrected chi connectivity index (χ3v) is 4.54. The lowest BCUT2D eigenvalue weighted by molar-refractivity contribution is 0.0599. The first-order valence-corrected chi connectivity index (χ1v) is 8.97. The topological polar surface area (TPSA) is 80.5 Å². The van der Waals surface area contributed by atoms with E-state index in [2.05, 4.69) is 55.2 Å². The summed E-state index contributed by atoms with van der Waals surface area (Å²) in [5.41, 5.74) is 1.40. The van der Waals surface area contributed by atoms with Crippen molar-refractivity contribution >= 4 is 45.0 Å². The van der Waals surface area contributed by atoms with Gasteiger partial charge < -0.3 is 15.4 Å². The number of ether oxygens (including phenoxy) is 1. The van der Waals surface area contributed by atoms with E-state index in [4.69, 9.17) is 11.3 Å². The van der Waals surface area contributed by atoms with E-state index in [0.717, 1.165) is 12.8 Å². The monoisotopic (exact) mass is 417 g/mol. The lowest BCUT2D eigenvalue weighted by Gasteiger charge is -2.17. The molecule has 8 heteroatoms. The summed E-state index contributed by atoms with van der Waals surface area (Å²) in [5, 5.41) is 6.34. The van der Waals surface area contributed by atoms with Gasteiger partial charge in [-0.25, -0.2) is 19.6 Å². The number of halogens is 1. The normalized spacial score (nSPS) is 10.3. The Morgan fingerprint density at radius 1 is 1.38 bits per heavy atom. The maximum absolute atomic E-state index is 11.8. The van der Waals surface area contributed by atoms with Crippen LogP contribution in [0.3, 0.4) is 0 Å². The van der Waals surface area contributed by atoms with Crippen LogP contribution in [-0.4, -0.2) is 29.1 Å². The van der Waals surface area contributed by atoms with Crippen LogP contribution in [0.1, 0.15) is 37.0 Å². The standard InChI is InChI=1S/C18H20BrN5O2/c1-5-11(6-2)22-16-15(20-3)10-21-18(24-16)23-12-7-8-14(19)13(9-12)17(25)26-4/h7-11H,5-6H2,1-2,4H3,(H2,21,22,23,24). The first-order chi connectivity index (χ1) is 12.5. The zero-order valence-corrected chi connectivity index (χ0v) is 16.4. The van der Waals surface area contributed by atoms with Gasteiger partial charge in [0.25, 0.3) is 0 Å². The van der Waals surface area contributed by atoms with Crippen molar-refractivity contribution < 1.29 is 9.53 Å². The van der Waals surface area contributed by atoms with Gasteiger partial charge in [-0.1, -0.05) is 13.8 Å². The molecule has 26 heavy (non-hydrogen) atoms. The van der Waals surface area contributed by atoms with E-state index < -0.39 is 5.97 Å². The fourth-order valence-electron chi connectivity index (χ4n) is 2.31. The maximum atomic E-state index is 11.8. The van der Waals surface area contributed by atoms with Crippen LogP contribution < -0.4 is 10.6 Å². The van der Waals surface area contributed by atoms with Crippen molar-refractivity contribution in [3.63, 3.8) is 0 Å². The van der Waals surface area contributed by atoms with Gasteiger partial charge in [-0.3, -0.25) is 0 Å². The zero-order valence-electron chi connectivity index (χ0n) is 14.8. The van der Waals surface area contributed by atoms with Gasteiger partial charge in [0, 0.05) is 22.4 Å². The number of hydrogen-bond donors (Lipinski definition) is 2. The number of esters is 1. The van der Waals surface area contributed by atoms with Gasteiger partial charge in [0.05, 0.1) is 19.2 Å². The van der Waals surface area contributed by atoms with Gasteiger partial charge in [0.1, 0.15) is 5.82 Å². The summed E-state index contributed by atoms with van der Waals surface area (Å²) in [4.78, 5) is 23.9. The minimum Gasteiger partial charge on any atom is -0.465 e. The van der Waals surface area contributed by atoms with Crippen molar-refractivity contribution in [2.75, 3.05) is 17.7 Å². The number of carbonyl (C=O) groups is 1. The van der Waals surface area contributed by atoms with E-state index in [9.17, 15) is 4.79 Å². The average Bonchev–Trinajstić information content (AvgIpc) is 2.67. The van der Waals surface area contributed by atoms with E-state index in [1.54, 1.807) is 18.2 Å². The van der Waals surface area contributed by atoms with Gasteiger partial charge in [-0.05, 0) is 47.0 Å². The van der Waals surface area contributed by atoms with Crippen molar-refractivity contribution in [2.24, 2.45) is 0 Å². The summed E-state index contributed by atoms with van der Waals surface area (Å²) in [6, 6.07) is 5.41. The molecular weight excluding hydrogens is 398 g/mol. The number of anilines is 3. The molecule has 0 spiro atoms. The lowest BCUT2D eigenvalue weighted by atomic mass is 10.2. The van der Waals surface area contributed by atoms with Crippen LogP contribution in [0.4, 0.5) is 23.1 Å². The van der Waals surface area contributed by atoms with Crippen LogP contribution in [0, 0.1) is 6.57 Å². The molecule has 0 aliphatic carbocycles. The second kappa shape index (κ2) is 9.15.